The van der Waals surface area contributed by atoms with E-state index in [1.807, 2.05) is 7.05 Å². The monoisotopic (exact) mass is 457 g/mol. The molecule has 2 aromatic carbocycles. The maximum atomic E-state index is 3.67. The Morgan fingerprint density at radius 3 is 2.48 bits per heavy atom. The summed E-state index contributed by atoms with van der Waals surface area (Å²) >= 11 is 6.04. The molecule has 2 rings (SSSR count). The van der Waals surface area contributed by atoms with Crippen molar-refractivity contribution in [2.75, 3.05) is 7.05 Å². The number of hydrogen-bond donors (Lipinski definition) is 1. The summed E-state index contributed by atoms with van der Waals surface area (Å²) in [6.45, 7) is 2.24. The third kappa shape index (κ3) is 4.54. The van der Waals surface area contributed by atoms with Crippen LogP contribution in [-0.2, 0) is 6.42 Å². The summed E-state index contributed by atoms with van der Waals surface area (Å²) in [5.74, 6) is 0. The van der Waals surface area contributed by atoms with Crippen molar-refractivity contribution in [3.63, 3.8) is 0 Å². The van der Waals surface area contributed by atoms with Gasteiger partial charge in [-0.05, 0) is 77.4 Å². The molecule has 1 atom stereocenters. The van der Waals surface area contributed by atoms with E-state index in [1.54, 1.807) is 0 Å². The number of benzene rings is 2. The molecule has 0 bridgehead atoms. The summed E-state index contributed by atoms with van der Waals surface area (Å²) in [6.07, 6.45) is 3.68. The van der Waals surface area contributed by atoms with Gasteiger partial charge in [0.05, 0.1) is 6.04 Å². The highest BCUT2D eigenvalue weighted by Gasteiger charge is 2.15. The molecule has 0 spiro atoms. The highest BCUT2D eigenvalue weighted by atomic mass is 127. The smallest absolute Gasteiger partial charge is 0.0585 e. The standard InChI is InChI=1S/C18H21BrIN/c1-3-4-5-13-6-8-14(9-7-13)18(21-2)16-12-15(20)10-11-17(16)19/h6-12,18,21H,3-5H2,1-2H3. The Kier molecular flexibility index (Phi) is 6.71. The molecule has 0 aromatic heterocycles. The first-order valence-corrected chi connectivity index (χ1v) is 9.24. The van der Waals surface area contributed by atoms with Crippen LogP contribution in [-0.4, -0.2) is 7.05 Å². The SMILES string of the molecule is CCCCc1ccc(C(NC)c2cc(I)ccc2Br)cc1. The van der Waals surface area contributed by atoms with Crippen LogP contribution in [0.2, 0.25) is 0 Å². The third-order valence-corrected chi connectivity index (χ3v) is 5.08. The summed E-state index contributed by atoms with van der Waals surface area (Å²) in [7, 11) is 2.02. The molecule has 0 radical (unpaired) electrons. The lowest BCUT2D eigenvalue weighted by Crippen LogP contribution is -2.18. The number of rotatable bonds is 6. The van der Waals surface area contributed by atoms with Crippen molar-refractivity contribution in [1.82, 2.24) is 5.32 Å². The summed E-state index contributed by atoms with van der Waals surface area (Å²) in [5.41, 5.74) is 4.02. The van der Waals surface area contributed by atoms with Crippen molar-refractivity contribution < 1.29 is 0 Å². The molecule has 0 amide bonds. The molecule has 0 saturated carbocycles. The van der Waals surface area contributed by atoms with Crippen molar-refractivity contribution in [2.45, 2.75) is 32.2 Å². The second-order valence-corrected chi connectivity index (χ2v) is 7.33. The molecule has 2 aromatic rings. The van der Waals surface area contributed by atoms with Crippen LogP contribution in [0.25, 0.3) is 0 Å². The molecule has 0 saturated heterocycles. The van der Waals surface area contributed by atoms with Crippen molar-refractivity contribution in [3.05, 3.63) is 67.2 Å². The first kappa shape index (κ1) is 17.0. The van der Waals surface area contributed by atoms with Crippen molar-refractivity contribution in [1.29, 1.82) is 0 Å². The lowest BCUT2D eigenvalue weighted by molar-refractivity contribution is 0.687. The van der Waals surface area contributed by atoms with Gasteiger partial charge in [-0.15, -0.1) is 0 Å². The zero-order valence-electron chi connectivity index (χ0n) is 12.5. The van der Waals surface area contributed by atoms with E-state index in [1.165, 1.54) is 39.5 Å². The van der Waals surface area contributed by atoms with Gasteiger partial charge in [0, 0.05) is 8.04 Å². The van der Waals surface area contributed by atoms with Crippen LogP contribution in [0.4, 0.5) is 0 Å². The van der Waals surface area contributed by atoms with Gasteiger partial charge in [0.1, 0.15) is 0 Å². The highest BCUT2D eigenvalue weighted by Crippen LogP contribution is 2.30. The minimum Gasteiger partial charge on any atom is -0.309 e. The van der Waals surface area contributed by atoms with Gasteiger partial charge < -0.3 is 5.32 Å². The maximum Gasteiger partial charge on any atom is 0.0585 e. The first-order chi connectivity index (χ1) is 10.2. The van der Waals surface area contributed by atoms with Gasteiger partial charge >= 0.3 is 0 Å². The van der Waals surface area contributed by atoms with Crippen molar-refractivity contribution >= 4 is 38.5 Å². The summed E-state index contributed by atoms with van der Waals surface area (Å²) < 4.78 is 2.41. The van der Waals surface area contributed by atoms with Crippen LogP contribution in [0, 0.1) is 3.57 Å². The average molecular weight is 458 g/mol. The lowest BCUT2D eigenvalue weighted by atomic mass is 9.97. The molecule has 112 valence electrons. The molecule has 0 heterocycles. The molecule has 0 aliphatic carbocycles. The molecule has 1 N–H and O–H groups in total. The number of hydrogen-bond acceptors (Lipinski definition) is 1. The topological polar surface area (TPSA) is 12.0 Å². The molecule has 3 heteroatoms. The van der Waals surface area contributed by atoms with E-state index in [0.717, 1.165) is 4.47 Å². The van der Waals surface area contributed by atoms with Crippen LogP contribution >= 0.6 is 38.5 Å². The predicted octanol–water partition coefficient (Wildman–Crippen LogP) is 5.71. The fourth-order valence-corrected chi connectivity index (χ4v) is 3.49. The summed E-state index contributed by atoms with van der Waals surface area (Å²) in [6, 6.07) is 15.7. The Bertz CT molecular complexity index is 580. The van der Waals surface area contributed by atoms with E-state index in [9.17, 15) is 0 Å². The number of nitrogens with one attached hydrogen (secondary N) is 1. The largest absolute Gasteiger partial charge is 0.309 e. The molecule has 1 unspecified atom stereocenters. The summed E-state index contributed by atoms with van der Waals surface area (Å²) in [5, 5.41) is 3.43. The highest BCUT2D eigenvalue weighted by molar-refractivity contribution is 14.1. The van der Waals surface area contributed by atoms with E-state index >= 15 is 0 Å². The first-order valence-electron chi connectivity index (χ1n) is 7.36. The Hall–Kier alpha value is -0.390. The molecule has 1 nitrogen and oxygen atoms in total. The molecular formula is C18H21BrIN. The normalized spacial score (nSPS) is 12.4. The second-order valence-electron chi connectivity index (χ2n) is 5.23. The van der Waals surface area contributed by atoms with E-state index in [2.05, 4.69) is 93.2 Å². The number of halogens is 2. The molecular weight excluding hydrogens is 437 g/mol. The quantitative estimate of drug-likeness (QED) is 0.548. The second kappa shape index (κ2) is 8.30. The summed E-state index contributed by atoms with van der Waals surface area (Å²) in [4.78, 5) is 0. The fraction of sp³-hybridized carbons (Fsp3) is 0.333. The minimum absolute atomic E-state index is 0.217. The molecule has 0 aliphatic rings. The van der Waals surface area contributed by atoms with Gasteiger partial charge in [0.2, 0.25) is 0 Å². The van der Waals surface area contributed by atoms with Crippen molar-refractivity contribution in [3.8, 4) is 0 Å². The molecule has 21 heavy (non-hydrogen) atoms. The van der Waals surface area contributed by atoms with Crippen LogP contribution in [0.1, 0.15) is 42.5 Å². The Balaban J connectivity index is 2.26. The molecule has 0 aliphatic heterocycles. The van der Waals surface area contributed by atoms with E-state index < -0.39 is 0 Å². The van der Waals surface area contributed by atoms with E-state index in [4.69, 9.17) is 0 Å². The molecule has 0 fully saturated rings. The van der Waals surface area contributed by atoms with Crippen LogP contribution in [0.5, 0.6) is 0 Å². The van der Waals surface area contributed by atoms with Gasteiger partial charge in [-0.2, -0.15) is 0 Å². The minimum atomic E-state index is 0.217. The average Bonchev–Trinajstić information content (AvgIpc) is 2.50. The van der Waals surface area contributed by atoms with Gasteiger partial charge in [0.25, 0.3) is 0 Å². The van der Waals surface area contributed by atoms with Crippen LogP contribution < -0.4 is 5.32 Å². The van der Waals surface area contributed by atoms with Gasteiger partial charge in [-0.1, -0.05) is 53.5 Å². The van der Waals surface area contributed by atoms with Gasteiger partial charge in [-0.3, -0.25) is 0 Å². The number of unbranched alkanes of at least 4 members (excludes halogenated alkanes) is 1. The Labute approximate surface area is 149 Å². The predicted molar refractivity (Wildman–Crippen MR) is 103 cm³/mol. The van der Waals surface area contributed by atoms with Crippen LogP contribution in [0.15, 0.2) is 46.9 Å². The van der Waals surface area contributed by atoms with E-state index in [-0.39, 0.29) is 6.04 Å². The number of aryl methyl sites for hydroxylation is 1. The zero-order valence-corrected chi connectivity index (χ0v) is 16.2. The van der Waals surface area contributed by atoms with Crippen molar-refractivity contribution in [2.24, 2.45) is 0 Å². The maximum absolute atomic E-state index is 3.67. The Morgan fingerprint density at radius 1 is 1.14 bits per heavy atom. The fourth-order valence-electron chi connectivity index (χ4n) is 2.50. The third-order valence-electron chi connectivity index (χ3n) is 3.69. The van der Waals surface area contributed by atoms with Crippen LogP contribution in [0.3, 0.4) is 0 Å². The zero-order chi connectivity index (χ0) is 15.2. The lowest BCUT2D eigenvalue weighted by Gasteiger charge is -2.19. The Morgan fingerprint density at radius 2 is 1.86 bits per heavy atom. The van der Waals surface area contributed by atoms with Gasteiger partial charge in [0.15, 0.2) is 0 Å². The van der Waals surface area contributed by atoms with E-state index in [0.29, 0.717) is 0 Å². The van der Waals surface area contributed by atoms with Gasteiger partial charge in [-0.25, -0.2) is 0 Å².